The fraction of sp³-hybridized carbons (Fsp3) is 0.200. The van der Waals surface area contributed by atoms with Gasteiger partial charge in [0.05, 0.1) is 35.3 Å². The molecule has 200 valence electrons. The molecule has 0 aromatic heterocycles. The third kappa shape index (κ3) is 5.87. The van der Waals surface area contributed by atoms with E-state index < -0.39 is 44.0 Å². The molecular weight excluding hydrogens is 538 g/mol. The van der Waals surface area contributed by atoms with E-state index in [-0.39, 0.29) is 33.3 Å². The van der Waals surface area contributed by atoms with Crippen molar-refractivity contribution in [2.45, 2.75) is 18.7 Å². The highest BCUT2D eigenvalue weighted by Crippen LogP contribution is 2.36. The predicted octanol–water partition coefficient (Wildman–Crippen LogP) is 4.49. The van der Waals surface area contributed by atoms with Crippen LogP contribution in [0, 0.1) is 24.0 Å². The zero-order chi connectivity index (χ0) is 28.2. The van der Waals surface area contributed by atoms with Gasteiger partial charge in [-0.3, -0.25) is 19.2 Å². The van der Waals surface area contributed by atoms with Crippen LogP contribution in [0.25, 0.3) is 0 Å². The highest BCUT2D eigenvalue weighted by molar-refractivity contribution is 7.92. The number of amides is 1. The van der Waals surface area contributed by atoms with Crippen molar-refractivity contribution in [2.75, 3.05) is 30.4 Å². The molecule has 0 saturated heterocycles. The van der Waals surface area contributed by atoms with E-state index in [2.05, 4.69) is 5.32 Å². The minimum absolute atomic E-state index is 0.0570. The van der Waals surface area contributed by atoms with Gasteiger partial charge in [0.1, 0.15) is 12.3 Å². The SMILES string of the molecule is COC(=O)c1cccc(NC(=O)CN(c2cc(Cl)ccc2OC)S(=O)(=O)c2ccc(C)c([N+](=O)[O-])c2)c1C. The molecule has 0 aliphatic carbocycles. The first-order chi connectivity index (χ1) is 17.9. The molecule has 0 heterocycles. The van der Waals surface area contributed by atoms with Crippen LogP contribution in [0.5, 0.6) is 5.75 Å². The third-order valence-electron chi connectivity index (χ3n) is 5.68. The van der Waals surface area contributed by atoms with Crippen LogP contribution in [0.15, 0.2) is 59.5 Å². The van der Waals surface area contributed by atoms with Gasteiger partial charge in [-0.2, -0.15) is 0 Å². The van der Waals surface area contributed by atoms with E-state index >= 15 is 0 Å². The van der Waals surface area contributed by atoms with Crippen LogP contribution in [0.1, 0.15) is 21.5 Å². The van der Waals surface area contributed by atoms with Gasteiger partial charge in [-0.05, 0) is 55.8 Å². The molecule has 0 spiro atoms. The average Bonchev–Trinajstić information content (AvgIpc) is 2.87. The van der Waals surface area contributed by atoms with E-state index in [0.717, 1.165) is 10.4 Å². The van der Waals surface area contributed by atoms with Gasteiger partial charge in [-0.15, -0.1) is 0 Å². The molecule has 11 nitrogen and oxygen atoms in total. The van der Waals surface area contributed by atoms with Crippen molar-refractivity contribution in [3.05, 3.63) is 86.4 Å². The van der Waals surface area contributed by atoms with Crippen LogP contribution in [-0.4, -0.2) is 46.0 Å². The molecule has 0 fully saturated rings. The summed E-state index contributed by atoms with van der Waals surface area (Å²) in [6.45, 7) is 2.33. The fourth-order valence-corrected chi connectivity index (χ4v) is 5.26. The number of nitrogens with one attached hydrogen (secondary N) is 1. The van der Waals surface area contributed by atoms with Gasteiger partial charge in [0.25, 0.3) is 15.7 Å². The Morgan fingerprint density at radius 1 is 1.08 bits per heavy atom. The minimum atomic E-state index is -4.54. The second kappa shape index (κ2) is 11.5. The number of carbonyl (C=O) groups is 2. The van der Waals surface area contributed by atoms with Gasteiger partial charge in [0, 0.05) is 22.3 Å². The monoisotopic (exact) mass is 561 g/mol. The smallest absolute Gasteiger partial charge is 0.338 e. The van der Waals surface area contributed by atoms with Crippen LogP contribution in [0.4, 0.5) is 17.1 Å². The van der Waals surface area contributed by atoms with Crippen LogP contribution in [0.3, 0.4) is 0 Å². The van der Waals surface area contributed by atoms with E-state index in [1.165, 1.54) is 63.6 Å². The minimum Gasteiger partial charge on any atom is -0.495 e. The van der Waals surface area contributed by atoms with Gasteiger partial charge >= 0.3 is 5.97 Å². The van der Waals surface area contributed by atoms with Crippen molar-refractivity contribution in [3.63, 3.8) is 0 Å². The summed E-state index contributed by atoms with van der Waals surface area (Å²) in [7, 11) is -2.00. The maximum absolute atomic E-state index is 13.8. The number of rotatable bonds is 9. The number of sulfonamides is 1. The quantitative estimate of drug-likeness (QED) is 0.228. The molecule has 1 N–H and O–H groups in total. The highest BCUT2D eigenvalue weighted by Gasteiger charge is 2.31. The molecular formula is C25H24ClN3O8S. The summed E-state index contributed by atoms with van der Waals surface area (Å²) in [4.78, 5) is 35.6. The lowest BCUT2D eigenvalue weighted by Crippen LogP contribution is -2.38. The molecule has 0 saturated carbocycles. The third-order valence-corrected chi connectivity index (χ3v) is 7.67. The summed E-state index contributed by atoms with van der Waals surface area (Å²) in [6.07, 6.45) is 0. The molecule has 0 unspecified atom stereocenters. The van der Waals surface area contributed by atoms with Gasteiger partial charge in [0.15, 0.2) is 0 Å². The van der Waals surface area contributed by atoms with E-state index in [1.54, 1.807) is 13.0 Å². The summed E-state index contributed by atoms with van der Waals surface area (Å²) in [5.41, 5.74) is 0.705. The maximum atomic E-state index is 13.8. The lowest BCUT2D eigenvalue weighted by atomic mass is 10.1. The number of hydrogen-bond donors (Lipinski definition) is 1. The largest absolute Gasteiger partial charge is 0.495 e. The lowest BCUT2D eigenvalue weighted by molar-refractivity contribution is -0.385. The molecule has 3 rings (SSSR count). The summed E-state index contributed by atoms with van der Waals surface area (Å²) in [5, 5.41) is 14.2. The summed E-state index contributed by atoms with van der Waals surface area (Å²) < 4.78 is 38.4. The van der Waals surface area contributed by atoms with Gasteiger partial charge < -0.3 is 14.8 Å². The van der Waals surface area contributed by atoms with Crippen LogP contribution >= 0.6 is 11.6 Å². The summed E-state index contributed by atoms with van der Waals surface area (Å²) >= 11 is 6.14. The lowest BCUT2D eigenvalue weighted by Gasteiger charge is -2.26. The number of esters is 1. The number of carbonyl (C=O) groups excluding carboxylic acids is 2. The Hall–Kier alpha value is -4.16. The molecule has 3 aromatic carbocycles. The number of nitro benzene ring substituents is 1. The molecule has 0 atom stereocenters. The number of hydrogen-bond acceptors (Lipinski definition) is 8. The Labute approximate surface area is 224 Å². The van der Waals surface area contributed by atoms with E-state index in [0.29, 0.717) is 5.56 Å². The van der Waals surface area contributed by atoms with Crippen molar-refractivity contribution < 1.29 is 32.4 Å². The van der Waals surface area contributed by atoms with Crippen molar-refractivity contribution >= 4 is 50.6 Å². The normalized spacial score (nSPS) is 11.0. The number of nitrogens with zero attached hydrogens (tertiary/aromatic N) is 2. The van der Waals surface area contributed by atoms with Crippen LogP contribution < -0.4 is 14.4 Å². The number of ether oxygens (including phenoxy) is 2. The Kier molecular flexibility index (Phi) is 8.59. The van der Waals surface area contributed by atoms with Crippen molar-refractivity contribution in [3.8, 4) is 5.75 Å². The molecule has 0 aliphatic rings. The van der Waals surface area contributed by atoms with E-state index in [4.69, 9.17) is 21.1 Å². The number of benzene rings is 3. The zero-order valence-electron chi connectivity index (χ0n) is 20.8. The Morgan fingerprint density at radius 2 is 1.79 bits per heavy atom. The summed E-state index contributed by atoms with van der Waals surface area (Å²) in [5.74, 6) is -1.27. The standard InChI is InChI=1S/C25H24ClN3O8S/c1-15-8-10-18(13-21(15)29(32)33)38(34,35)28(22-12-17(26)9-11-23(22)36-3)14-24(30)27-20-7-5-6-19(16(20)2)25(31)37-4/h5-13H,14H2,1-4H3,(H,27,30). The van der Waals surface area contributed by atoms with Gasteiger partial charge in [0.2, 0.25) is 5.91 Å². The molecule has 0 bridgehead atoms. The fourth-order valence-electron chi connectivity index (χ4n) is 3.65. The Morgan fingerprint density at radius 3 is 2.42 bits per heavy atom. The molecule has 0 radical (unpaired) electrons. The Balaban J connectivity index is 2.09. The average molecular weight is 562 g/mol. The Bertz CT molecular complexity index is 1520. The first kappa shape index (κ1) is 28.4. The molecule has 1 amide bonds. The topological polar surface area (TPSA) is 145 Å². The predicted molar refractivity (Wildman–Crippen MR) is 142 cm³/mol. The number of anilines is 2. The number of methoxy groups -OCH3 is 2. The highest BCUT2D eigenvalue weighted by atomic mass is 35.5. The van der Waals surface area contributed by atoms with Crippen molar-refractivity contribution in [1.29, 1.82) is 0 Å². The second-order valence-corrected chi connectivity index (χ2v) is 10.3. The van der Waals surface area contributed by atoms with Gasteiger partial charge in [-0.1, -0.05) is 23.7 Å². The van der Waals surface area contributed by atoms with Crippen LogP contribution in [0.2, 0.25) is 5.02 Å². The first-order valence-electron chi connectivity index (χ1n) is 11.0. The first-order valence-corrected chi connectivity index (χ1v) is 12.8. The number of halogens is 1. The van der Waals surface area contributed by atoms with E-state index in [1.807, 2.05) is 0 Å². The molecule has 0 aliphatic heterocycles. The van der Waals surface area contributed by atoms with Crippen molar-refractivity contribution in [2.24, 2.45) is 0 Å². The molecule has 3 aromatic rings. The second-order valence-electron chi connectivity index (χ2n) is 8.05. The molecule has 13 heteroatoms. The molecule has 38 heavy (non-hydrogen) atoms. The van der Waals surface area contributed by atoms with Gasteiger partial charge in [-0.25, -0.2) is 13.2 Å². The number of nitro groups is 1. The van der Waals surface area contributed by atoms with Crippen LogP contribution in [-0.2, 0) is 19.6 Å². The van der Waals surface area contributed by atoms with Crippen molar-refractivity contribution in [1.82, 2.24) is 0 Å². The maximum Gasteiger partial charge on any atom is 0.338 e. The summed E-state index contributed by atoms with van der Waals surface area (Å²) in [6, 6.07) is 12.3. The number of aryl methyl sites for hydroxylation is 1. The van der Waals surface area contributed by atoms with E-state index in [9.17, 15) is 28.1 Å². The zero-order valence-corrected chi connectivity index (χ0v) is 22.4.